The first-order chi connectivity index (χ1) is 21.2. The molecule has 1 aromatic heterocycles. The molecule has 1 N–H and O–H groups in total. The maximum atomic E-state index is 8.59. The quantitative estimate of drug-likeness (QED) is 0.139. The minimum absolute atomic E-state index is 0.0255. The number of hydrogen-bond acceptors (Lipinski definition) is 10. The molecule has 0 saturated carbocycles. The van der Waals surface area contributed by atoms with Crippen LogP contribution >= 0.6 is 0 Å². The molecule has 0 bridgehead atoms. The Labute approximate surface area is 255 Å². The number of hydrogen-bond donors (Lipinski definition) is 1. The molecule has 2 aromatic carbocycles. The normalized spacial score (nSPS) is 11.3. The van der Waals surface area contributed by atoms with E-state index in [2.05, 4.69) is 55.4 Å². The van der Waals surface area contributed by atoms with Gasteiger partial charge in [-0.15, -0.1) is 0 Å². The first-order valence-electron chi connectivity index (χ1n) is 15.0. The molecule has 0 unspecified atom stereocenters. The highest BCUT2D eigenvalue weighted by atomic mass is 16.6. The van der Waals surface area contributed by atoms with E-state index in [1.54, 1.807) is 0 Å². The van der Waals surface area contributed by atoms with Gasteiger partial charge in [0.15, 0.2) is 0 Å². The summed E-state index contributed by atoms with van der Waals surface area (Å²) >= 11 is 0. The van der Waals surface area contributed by atoms with Gasteiger partial charge < -0.3 is 42.8 Å². The summed E-state index contributed by atoms with van der Waals surface area (Å²) in [6, 6.07) is 16.7. The zero-order valence-corrected chi connectivity index (χ0v) is 25.6. The van der Waals surface area contributed by atoms with Crippen molar-refractivity contribution in [2.45, 2.75) is 33.3 Å². The summed E-state index contributed by atoms with van der Waals surface area (Å²) in [6.07, 6.45) is 1.57. The van der Waals surface area contributed by atoms with Gasteiger partial charge in [0.25, 0.3) is 0 Å². The monoisotopic (exact) mass is 601 g/mol. The van der Waals surface area contributed by atoms with Crippen molar-refractivity contribution < 1.29 is 42.8 Å². The van der Waals surface area contributed by atoms with Crippen LogP contribution in [0.1, 0.15) is 29.0 Å². The van der Waals surface area contributed by atoms with E-state index in [-0.39, 0.29) is 6.61 Å². The zero-order chi connectivity index (χ0) is 30.4. The van der Waals surface area contributed by atoms with Gasteiger partial charge in [0.05, 0.1) is 92.5 Å². The largest absolute Gasteiger partial charge is 0.493 e. The van der Waals surface area contributed by atoms with Gasteiger partial charge in [-0.05, 0) is 54.7 Å². The SMILES string of the molecule is Cc1cc(-c2ccccc2)cc(C)c1OCCCc1cc(COCCOCCOCCOCCOCCOCCO)no1. The van der Waals surface area contributed by atoms with Gasteiger partial charge in [-0.25, -0.2) is 0 Å². The minimum Gasteiger partial charge on any atom is -0.493 e. The van der Waals surface area contributed by atoms with Crippen LogP contribution in [0.25, 0.3) is 11.1 Å². The molecule has 0 saturated heterocycles. The Morgan fingerprint density at radius 1 is 0.628 bits per heavy atom. The highest BCUT2D eigenvalue weighted by Gasteiger charge is 2.09. The summed E-state index contributed by atoms with van der Waals surface area (Å²) in [5.74, 6) is 1.77. The Morgan fingerprint density at radius 3 is 1.72 bits per heavy atom. The molecule has 0 radical (unpaired) electrons. The second-order valence-electron chi connectivity index (χ2n) is 9.88. The predicted octanol–water partition coefficient (Wildman–Crippen LogP) is 4.56. The van der Waals surface area contributed by atoms with E-state index in [9.17, 15) is 0 Å². The van der Waals surface area contributed by atoms with Gasteiger partial charge in [0, 0.05) is 12.5 Å². The average molecular weight is 602 g/mol. The summed E-state index contributed by atoms with van der Waals surface area (Å²) < 4.78 is 44.1. The molecular formula is C33H47NO9. The van der Waals surface area contributed by atoms with Crippen LogP contribution in [0.3, 0.4) is 0 Å². The number of aryl methyl sites for hydroxylation is 3. The third-order valence-corrected chi connectivity index (χ3v) is 6.33. The fraction of sp³-hybridized carbons (Fsp3) is 0.545. The number of benzene rings is 2. The van der Waals surface area contributed by atoms with Gasteiger partial charge in [-0.2, -0.15) is 0 Å². The van der Waals surface area contributed by atoms with Gasteiger partial charge in [0.2, 0.25) is 0 Å². The van der Waals surface area contributed by atoms with E-state index in [1.807, 2.05) is 12.1 Å². The van der Waals surface area contributed by atoms with Crippen LogP contribution in [0.5, 0.6) is 5.75 Å². The number of rotatable bonds is 25. The van der Waals surface area contributed by atoms with Crippen molar-refractivity contribution in [2.24, 2.45) is 0 Å². The molecule has 0 amide bonds. The molecule has 0 fully saturated rings. The lowest BCUT2D eigenvalue weighted by atomic mass is 10.00. The molecule has 3 rings (SSSR count). The molecule has 0 atom stereocenters. The summed E-state index contributed by atoms with van der Waals surface area (Å²) in [7, 11) is 0. The average Bonchev–Trinajstić information content (AvgIpc) is 3.47. The first-order valence-corrected chi connectivity index (χ1v) is 15.0. The highest BCUT2D eigenvalue weighted by Crippen LogP contribution is 2.30. The number of aromatic nitrogens is 1. The predicted molar refractivity (Wildman–Crippen MR) is 163 cm³/mol. The number of ether oxygens (including phenoxy) is 7. The molecule has 3 aromatic rings. The van der Waals surface area contributed by atoms with E-state index < -0.39 is 0 Å². The van der Waals surface area contributed by atoms with Crippen molar-refractivity contribution in [3.8, 4) is 16.9 Å². The van der Waals surface area contributed by atoms with Crippen LogP contribution in [0.4, 0.5) is 0 Å². The van der Waals surface area contributed by atoms with Crippen molar-refractivity contribution in [2.75, 3.05) is 85.9 Å². The molecule has 238 valence electrons. The highest BCUT2D eigenvalue weighted by molar-refractivity contribution is 5.67. The van der Waals surface area contributed by atoms with Gasteiger partial charge in [0.1, 0.15) is 17.2 Å². The lowest BCUT2D eigenvalue weighted by molar-refractivity contribution is -0.0192. The van der Waals surface area contributed by atoms with Crippen LogP contribution in [-0.4, -0.2) is 96.2 Å². The van der Waals surface area contributed by atoms with E-state index in [1.165, 1.54) is 11.1 Å². The summed E-state index contributed by atoms with van der Waals surface area (Å²) in [6.45, 7) is 10.4. The maximum Gasteiger partial charge on any atom is 0.137 e. The lowest BCUT2D eigenvalue weighted by Crippen LogP contribution is -2.14. The zero-order valence-electron chi connectivity index (χ0n) is 25.6. The van der Waals surface area contributed by atoms with Crippen molar-refractivity contribution in [3.05, 3.63) is 71.1 Å². The summed E-state index contributed by atoms with van der Waals surface area (Å²) in [5, 5.41) is 12.7. The van der Waals surface area contributed by atoms with Crippen LogP contribution in [-0.2, 0) is 41.4 Å². The number of aliphatic hydroxyl groups is 1. The molecule has 0 aliphatic carbocycles. The lowest BCUT2D eigenvalue weighted by Gasteiger charge is -2.14. The maximum absolute atomic E-state index is 8.59. The molecular weight excluding hydrogens is 554 g/mol. The fourth-order valence-electron chi connectivity index (χ4n) is 4.28. The Bertz CT molecular complexity index is 1100. The van der Waals surface area contributed by atoms with E-state index in [0.29, 0.717) is 85.9 Å². The fourth-order valence-corrected chi connectivity index (χ4v) is 4.28. The van der Waals surface area contributed by atoms with Crippen LogP contribution < -0.4 is 4.74 Å². The van der Waals surface area contributed by atoms with Crippen molar-refractivity contribution in [1.82, 2.24) is 5.16 Å². The van der Waals surface area contributed by atoms with Crippen LogP contribution in [0.2, 0.25) is 0 Å². The van der Waals surface area contributed by atoms with E-state index in [0.717, 1.165) is 41.2 Å². The van der Waals surface area contributed by atoms with Gasteiger partial charge >= 0.3 is 0 Å². The Hall–Kier alpha value is -2.83. The van der Waals surface area contributed by atoms with E-state index in [4.69, 9.17) is 42.8 Å². The third-order valence-electron chi connectivity index (χ3n) is 6.33. The van der Waals surface area contributed by atoms with Gasteiger partial charge in [-0.3, -0.25) is 0 Å². The molecule has 0 spiro atoms. The minimum atomic E-state index is 0.0255. The van der Waals surface area contributed by atoms with Crippen molar-refractivity contribution in [1.29, 1.82) is 0 Å². The molecule has 43 heavy (non-hydrogen) atoms. The molecule has 0 aliphatic heterocycles. The Balaban J connectivity index is 1.14. The standard InChI is InChI=1S/C33H47NO9/c1-27-23-30(29-7-4-3-5-8-29)24-28(2)33(27)42-11-6-9-32-25-31(34-43-32)26-41-22-21-40-20-19-39-18-17-38-16-15-37-14-13-36-12-10-35/h3-5,7-8,23-25,35H,6,9-22,26H2,1-2H3. The van der Waals surface area contributed by atoms with Gasteiger partial charge in [-0.1, -0.05) is 35.5 Å². The second-order valence-corrected chi connectivity index (χ2v) is 9.88. The Morgan fingerprint density at radius 2 is 1.16 bits per heavy atom. The molecule has 0 aliphatic rings. The molecule has 10 nitrogen and oxygen atoms in total. The summed E-state index contributed by atoms with van der Waals surface area (Å²) in [5.41, 5.74) is 5.45. The Kier molecular flexibility index (Phi) is 17.6. The first kappa shape index (κ1) is 34.7. The van der Waals surface area contributed by atoms with Crippen LogP contribution in [0.15, 0.2) is 53.1 Å². The van der Waals surface area contributed by atoms with Crippen LogP contribution in [0, 0.1) is 13.8 Å². The third kappa shape index (κ3) is 14.5. The molecule has 1 heterocycles. The van der Waals surface area contributed by atoms with Crippen molar-refractivity contribution >= 4 is 0 Å². The number of aliphatic hydroxyl groups excluding tert-OH is 1. The summed E-state index contributed by atoms with van der Waals surface area (Å²) in [4.78, 5) is 0. The molecule has 10 heteroatoms. The topological polar surface area (TPSA) is 111 Å². The van der Waals surface area contributed by atoms with E-state index >= 15 is 0 Å². The number of nitrogens with zero attached hydrogens (tertiary/aromatic N) is 1. The second kappa shape index (κ2) is 21.8. The van der Waals surface area contributed by atoms with Crippen molar-refractivity contribution in [3.63, 3.8) is 0 Å². The smallest absolute Gasteiger partial charge is 0.137 e.